The predicted octanol–water partition coefficient (Wildman–Crippen LogP) is 0.464. The zero-order chi connectivity index (χ0) is 13.1. The van der Waals surface area contributed by atoms with Crippen molar-refractivity contribution in [1.29, 1.82) is 0 Å². The van der Waals surface area contributed by atoms with Gasteiger partial charge in [0, 0.05) is 13.6 Å². The first-order valence-corrected chi connectivity index (χ1v) is 5.88. The van der Waals surface area contributed by atoms with Crippen LogP contribution < -0.4 is 20.1 Å². The van der Waals surface area contributed by atoms with Crippen LogP contribution in [-0.2, 0) is 17.8 Å². The lowest BCUT2D eigenvalue weighted by Crippen LogP contribution is -2.46. The molecule has 0 unspecified atom stereocenters. The molecular weight excluding hydrogens is 232 g/mol. The Kier molecular flexibility index (Phi) is 3.72. The molecule has 18 heavy (non-hydrogen) atoms. The average molecular weight is 250 g/mol. The lowest BCUT2D eigenvalue weighted by atomic mass is 9.94. The maximum atomic E-state index is 11.6. The molecule has 1 aliphatic heterocycles. The normalized spacial score (nSPS) is 17.8. The second kappa shape index (κ2) is 5.27. The van der Waals surface area contributed by atoms with Crippen LogP contribution in [0.3, 0.4) is 0 Å². The fourth-order valence-electron chi connectivity index (χ4n) is 2.20. The lowest BCUT2D eigenvalue weighted by molar-refractivity contribution is -0.122. The van der Waals surface area contributed by atoms with Crippen LogP contribution in [-0.4, -0.2) is 33.2 Å². The molecule has 1 aliphatic rings. The number of rotatable bonds is 3. The number of hydrogen-bond acceptors (Lipinski definition) is 4. The largest absolute Gasteiger partial charge is 0.493 e. The Morgan fingerprint density at radius 1 is 1.28 bits per heavy atom. The summed E-state index contributed by atoms with van der Waals surface area (Å²) in [6, 6.07) is 3.73. The van der Waals surface area contributed by atoms with Crippen molar-refractivity contribution in [2.45, 2.75) is 19.0 Å². The van der Waals surface area contributed by atoms with E-state index in [1.165, 1.54) is 0 Å². The number of hydrogen-bond donors (Lipinski definition) is 2. The lowest BCUT2D eigenvalue weighted by Gasteiger charge is -2.26. The second-order valence-electron chi connectivity index (χ2n) is 4.23. The summed E-state index contributed by atoms with van der Waals surface area (Å²) in [5.41, 5.74) is 2.27. The number of carbonyl (C=O) groups excluding carboxylic acids is 1. The van der Waals surface area contributed by atoms with Gasteiger partial charge in [-0.15, -0.1) is 0 Å². The van der Waals surface area contributed by atoms with Crippen LogP contribution in [0.25, 0.3) is 0 Å². The molecule has 5 heteroatoms. The minimum absolute atomic E-state index is 0.00966. The van der Waals surface area contributed by atoms with E-state index in [0.717, 1.165) is 16.9 Å². The van der Waals surface area contributed by atoms with Crippen molar-refractivity contribution >= 4 is 5.91 Å². The van der Waals surface area contributed by atoms with Crippen LogP contribution in [0.15, 0.2) is 12.1 Å². The van der Waals surface area contributed by atoms with Gasteiger partial charge in [0.25, 0.3) is 0 Å². The van der Waals surface area contributed by atoms with Crippen molar-refractivity contribution in [3.05, 3.63) is 23.3 Å². The second-order valence-corrected chi connectivity index (χ2v) is 4.23. The van der Waals surface area contributed by atoms with E-state index in [-0.39, 0.29) is 11.9 Å². The zero-order valence-corrected chi connectivity index (χ0v) is 10.9. The first kappa shape index (κ1) is 12.7. The van der Waals surface area contributed by atoms with Crippen molar-refractivity contribution in [1.82, 2.24) is 10.6 Å². The number of benzene rings is 1. The van der Waals surface area contributed by atoms with Gasteiger partial charge >= 0.3 is 0 Å². The summed E-state index contributed by atoms with van der Waals surface area (Å²) in [5.74, 6) is 1.43. The third kappa shape index (κ3) is 2.26. The Labute approximate surface area is 106 Å². The van der Waals surface area contributed by atoms with Crippen molar-refractivity contribution in [2.75, 3.05) is 21.3 Å². The van der Waals surface area contributed by atoms with Gasteiger partial charge < -0.3 is 20.1 Å². The molecule has 98 valence electrons. The topological polar surface area (TPSA) is 59.6 Å². The maximum absolute atomic E-state index is 11.6. The summed E-state index contributed by atoms with van der Waals surface area (Å²) in [7, 11) is 4.88. The van der Waals surface area contributed by atoms with Crippen molar-refractivity contribution in [3.63, 3.8) is 0 Å². The van der Waals surface area contributed by atoms with Crippen molar-refractivity contribution in [2.24, 2.45) is 0 Å². The van der Waals surface area contributed by atoms with Gasteiger partial charge in [-0.2, -0.15) is 0 Å². The molecule has 1 aromatic rings. The molecule has 1 aromatic carbocycles. The Bertz CT molecular complexity index is 460. The molecule has 0 radical (unpaired) electrons. The quantitative estimate of drug-likeness (QED) is 0.818. The summed E-state index contributed by atoms with van der Waals surface area (Å²) < 4.78 is 10.5. The summed E-state index contributed by atoms with van der Waals surface area (Å²) in [6.45, 7) is 0.660. The third-order valence-electron chi connectivity index (χ3n) is 3.23. The Morgan fingerprint density at radius 3 is 2.44 bits per heavy atom. The minimum atomic E-state index is -0.180. The van der Waals surface area contributed by atoms with E-state index in [1.807, 2.05) is 12.1 Å². The minimum Gasteiger partial charge on any atom is -0.493 e. The van der Waals surface area contributed by atoms with Gasteiger partial charge in [-0.1, -0.05) is 0 Å². The van der Waals surface area contributed by atoms with Crippen LogP contribution in [0.5, 0.6) is 11.5 Å². The van der Waals surface area contributed by atoms with E-state index in [2.05, 4.69) is 10.6 Å². The maximum Gasteiger partial charge on any atom is 0.237 e. The first-order chi connectivity index (χ1) is 8.69. The van der Waals surface area contributed by atoms with E-state index in [4.69, 9.17) is 9.47 Å². The van der Waals surface area contributed by atoms with Crippen LogP contribution >= 0.6 is 0 Å². The molecular formula is C13H18N2O3. The molecule has 0 aliphatic carbocycles. The van der Waals surface area contributed by atoms with Crippen molar-refractivity contribution in [3.8, 4) is 11.5 Å². The van der Waals surface area contributed by atoms with Gasteiger partial charge in [-0.25, -0.2) is 0 Å². The standard InChI is InChI=1S/C13H18N2O3/c1-14-13(16)10-4-8-5-11(17-2)12(18-3)6-9(8)7-15-10/h5-6,10,15H,4,7H2,1-3H3,(H,14,16)/t10-/m0/s1. The van der Waals surface area contributed by atoms with E-state index in [0.29, 0.717) is 18.7 Å². The molecule has 1 atom stereocenters. The highest BCUT2D eigenvalue weighted by atomic mass is 16.5. The number of likely N-dealkylation sites (N-methyl/N-ethyl adjacent to an activating group) is 1. The third-order valence-corrected chi connectivity index (χ3v) is 3.23. The molecule has 2 N–H and O–H groups in total. The van der Waals surface area contributed by atoms with Crippen LogP contribution in [0.2, 0.25) is 0 Å². The highest BCUT2D eigenvalue weighted by molar-refractivity contribution is 5.82. The fourth-order valence-corrected chi connectivity index (χ4v) is 2.20. The smallest absolute Gasteiger partial charge is 0.237 e. The molecule has 0 saturated heterocycles. The Balaban J connectivity index is 2.29. The Hall–Kier alpha value is -1.75. The van der Waals surface area contributed by atoms with Gasteiger partial charge in [0.2, 0.25) is 5.91 Å². The van der Waals surface area contributed by atoms with E-state index < -0.39 is 0 Å². The van der Waals surface area contributed by atoms with E-state index in [1.54, 1.807) is 21.3 Å². The molecule has 0 spiro atoms. The molecule has 2 rings (SSSR count). The number of nitrogens with one attached hydrogen (secondary N) is 2. The number of methoxy groups -OCH3 is 2. The molecule has 0 bridgehead atoms. The molecule has 0 saturated carbocycles. The first-order valence-electron chi connectivity index (χ1n) is 5.88. The highest BCUT2D eigenvalue weighted by Gasteiger charge is 2.24. The van der Waals surface area contributed by atoms with Gasteiger partial charge in [0.15, 0.2) is 11.5 Å². The molecule has 0 fully saturated rings. The summed E-state index contributed by atoms with van der Waals surface area (Å²) in [5, 5.41) is 5.87. The van der Waals surface area contributed by atoms with Crippen LogP contribution in [0.1, 0.15) is 11.1 Å². The monoisotopic (exact) mass is 250 g/mol. The molecule has 5 nitrogen and oxygen atoms in total. The summed E-state index contributed by atoms with van der Waals surface area (Å²) in [6.07, 6.45) is 0.662. The van der Waals surface area contributed by atoms with Crippen molar-refractivity contribution < 1.29 is 14.3 Å². The predicted molar refractivity (Wildman–Crippen MR) is 67.9 cm³/mol. The van der Waals surface area contributed by atoms with Gasteiger partial charge in [0.05, 0.1) is 20.3 Å². The van der Waals surface area contributed by atoms with Gasteiger partial charge in [-0.3, -0.25) is 4.79 Å². The fraction of sp³-hybridized carbons (Fsp3) is 0.462. The van der Waals surface area contributed by atoms with E-state index in [9.17, 15) is 4.79 Å². The van der Waals surface area contributed by atoms with Gasteiger partial charge in [-0.05, 0) is 29.7 Å². The number of carbonyl (C=O) groups is 1. The zero-order valence-electron chi connectivity index (χ0n) is 10.9. The average Bonchev–Trinajstić information content (AvgIpc) is 2.44. The Morgan fingerprint density at radius 2 is 1.89 bits per heavy atom. The highest BCUT2D eigenvalue weighted by Crippen LogP contribution is 2.32. The molecule has 1 amide bonds. The van der Waals surface area contributed by atoms with E-state index >= 15 is 0 Å². The number of fused-ring (bicyclic) bond motifs is 1. The summed E-state index contributed by atoms with van der Waals surface area (Å²) in [4.78, 5) is 11.6. The van der Waals surface area contributed by atoms with Crippen LogP contribution in [0.4, 0.5) is 0 Å². The number of amides is 1. The molecule has 0 aromatic heterocycles. The van der Waals surface area contributed by atoms with Crippen LogP contribution in [0, 0.1) is 0 Å². The molecule has 1 heterocycles. The number of ether oxygens (including phenoxy) is 2. The SMILES string of the molecule is CNC(=O)[C@@H]1Cc2cc(OC)c(OC)cc2CN1. The van der Waals surface area contributed by atoms with Gasteiger partial charge in [0.1, 0.15) is 0 Å². The summed E-state index contributed by atoms with van der Waals surface area (Å²) >= 11 is 0.